The second-order valence-corrected chi connectivity index (χ2v) is 4.08. The molecule has 14 heavy (non-hydrogen) atoms. The summed E-state index contributed by atoms with van der Waals surface area (Å²) in [5, 5.41) is 0.317. The highest BCUT2D eigenvalue weighted by atomic mass is 35.5. The van der Waals surface area contributed by atoms with Crippen molar-refractivity contribution in [2.24, 2.45) is 5.92 Å². The number of benzene rings is 1. The lowest BCUT2D eigenvalue weighted by atomic mass is 10.0. The highest BCUT2D eigenvalue weighted by molar-refractivity contribution is 6.32. The van der Waals surface area contributed by atoms with E-state index < -0.39 is 0 Å². The molecule has 0 atom stereocenters. The molecule has 0 N–H and O–H groups in total. The molecule has 1 nitrogen and oxygen atoms in total. The SMILES string of the molecule is COc1cc(CC(C)C)c(F)cc1Cl. The molecule has 1 rings (SSSR count). The van der Waals surface area contributed by atoms with E-state index in [4.69, 9.17) is 16.3 Å². The number of halogens is 2. The monoisotopic (exact) mass is 216 g/mol. The fourth-order valence-corrected chi connectivity index (χ4v) is 1.55. The van der Waals surface area contributed by atoms with Gasteiger partial charge >= 0.3 is 0 Å². The molecule has 0 bridgehead atoms. The van der Waals surface area contributed by atoms with Gasteiger partial charge in [0.1, 0.15) is 11.6 Å². The Morgan fingerprint density at radius 1 is 1.43 bits per heavy atom. The van der Waals surface area contributed by atoms with Crippen LogP contribution in [0.3, 0.4) is 0 Å². The molecule has 1 aromatic rings. The number of methoxy groups -OCH3 is 1. The molecule has 0 spiro atoms. The average Bonchev–Trinajstić information content (AvgIpc) is 2.09. The van der Waals surface area contributed by atoms with Crippen LogP contribution < -0.4 is 4.74 Å². The minimum absolute atomic E-state index is 0.260. The standard InChI is InChI=1S/C11H14ClFO/c1-7(2)4-8-5-11(14-3)9(12)6-10(8)13/h5-7H,4H2,1-3H3. The van der Waals surface area contributed by atoms with E-state index in [9.17, 15) is 4.39 Å². The van der Waals surface area contributed by atoms with Crippen LogP contribution in [0.4, 0.5) is 4.39 Å². The van der Waals surface area contributed by atoms with E-state index in [2.05, 4.69) is 0 Å². The molecule has 0 fully saturated rings. The summed E-state index contributed by atoms with van der Waals surface area (Å²) in [5.74, 6) is 0.684. The highest BCUT2D eigenvalue weighted by Crippen LogP contribution is 2.28. The van der Waals surface area contributed by atoms with Crippen LogP contribution in [0.5, 0.6) is 5.75 Å². The normalized spacial score (nSPS) is 10.7. The largest absolute Gasteiger partial charge is 0.495 e. The fourth-order valence-electron chi connectivity index (χ4n) is 1.32. The molecule has 0 heterocycles. The Morgan fingerprint density at radius 2 is 2.07 bits per heavy atom. The summed E-state index contributed by atoms with van der Waals surface area (Å²) in [7, 11) is 1.53. The molecule has 0 amide bonds. The maximum atomic E-state index is 13.4. The van der Waals surface area contributed by atoms with Gasteiger partial charge in [-0.05, 0) is 30.0 Å². The third-order valence-electron chi connectivity index (χ3n) is 1.95. The Labute approximate surface area is 88.8 Å². The zero-order chi connectivity index (χ0) is 10.7. The van der Waals surface area contributed by atoms with E-state index in [1.54, 1.807) is 6.07 Å². The van der Waals surface area contributed by atoms with Gasteiger partial charge in [-0.2, -0.15) is 0 Å². The summed E-state index contributed by atoms with van der Waals surface area (Å²) in [5.41, 5.74) is 0.654. The molecular formula is C11H14ClFO. The van der Waals surface area contributed by atoms with Crippen LogP contribution in [0.1, 0.15) is 19.4 Å². The van der Waals surface area contributed by atoms with Gasteiger partial charge in [0, 0.05) is 0 Å². The summed E-state index contributed by atoms with van der Waals surface area (Å²) in [6, 6.07) is 2.97. The second-order valence-electron chi connectivity index (χ2n) is 3.68. The van der Waals surface area contributed by atoms with Crippen molar-refractivity contribution in [1.29, 1.82) is 0 Å². The number of rotatable bonds is 3. The van der Waals surface area contributed by atoms with E-state index in [0.29, 0.717) is 28.7 Å². The predicted molar refractivity (Wildman–Crippen MR) is 56.5 cm³/mol. The molecule has 78 valence electrons. The van der Waals surface area contributed by atoms with Crippen molar-refractivity contribution in [2.75, 3.05) is 7.11 Å². The predicted octanol–water partition coefficient (Wildman–Crippen LogP) is 3.69. The minimum atomic E-state index is -0.260. The number of hydrogen-bond donors (Lipinski definition) is 0. The number of ether oxygens (including phenoxy) is 1. The second kappa shape index (κ2) is 4.65. The molecule has 0 unspecified atom stereocenters. The van der Waals surface area contributed by atoms with Crippen molar-refractivity contribution in [1.82, 2.24) is 0 Å². The first-order valence-electron chi connectivity index (χ1n) is 4.56. The Balaban J connectivity index is 3.04. The lowest BCUT2D eigenvalue weighted by Gasteiger charge is -2.09. The van der Waals surface area contributed by atoms with E-state index in [-0.39, 0.29) is 5.82 Å². The Bertz CT molecular complexity index is 323. The van der Waals surface area contributed by atoms with Gasteiger partial charge in [-0.25, -0.2) is 4.39 Å². The molecule has 0 aliphatic carbocycles. The molecule has 0 aliphatic rings. The minimum Gasteiger partial charge on any atom is -0.495 e. The fraction of sp³-hybridized carbons (Fsp3) is 0.455. The lowest BCUT2D eigenvalue weighted by molar-refractivity contribution is 0.412. The van der Waals surface area contributed by atoms with Crippen molar-refractivity contribution in [2.45, 2.75) is 20.3 Å². The van der Waals surface area contributed by atoms with E-state index >= 15 is 0 Å². The molecule has 0 saturated heterocycles. The first kappa shape index (κ1) is 11.3. The van der Waals surface area contributed by atoms with E-state index in [1.807, 2.05) is 13.8 Å². The van der Waals surface area contributed by atoms with Crippen LogP contribution in [0.25, 0.3) is 0 Å². The van der Waals surface area contributed by atoms with Crippen LogP contribution in [0.15, 0.2) is 12.1 Å². The maximum Gasteiger partial charge on any atom is 0.137 e. The molecule has 0 aliphatic heterocycles. The first-order valence-corrected chi connectivity index (χ1v) is 4.94. The van der Waals surface area contributed by atoms with Gasteiger partial charge in [-0.3, -0.25) is 0 Å². The van der Waals surface area contributed by atoms with E-state index in [1.165, 1.54) is 13.2 Å². The van der Waals surface area contributed by atoms with Crippen LogP contribution in [0, 0.1) is 11.7 Å². The summed E-state index contributed by atoms with van der Waals surface area (Å²) in [4.78, 5) is 0. The zero-order valence-electron chi connectivity index (χ0n) is 8.60. The molecule has 1 aromatic carbocycles. The maximum absolute atomic E-state index is 13.4. The molecule has 0 radical (unpaired) electrons. The summed E-state index contributed by atoms with van der Waals surface area (Å²) in [6.07, 6.45) is 0.694. The van der Waals surface area contributed by atoms with Crippen molar-refractivity contribution in [3.63, 3.8) is 0 Å². The molecular weight excluding hydrogens is 203 g/mol. The Hall–Kier alpha value is -0.760. The summed E-state index contributed by atoms with van der Waals surface area (Å²) >= 11 is 5.77. The Kier molecular flexibility index (Phi) is 3.76. The van der Waals surface area contributed by atoms with Crippen molar-refractivity contribution >= 4 is 11.6 Å². The molecule has 0 saturated carbocycles. The van der Waals surface area contributed by atoms with Crippen LogP contribution >= 0.6 is 11.6 Å². The first-order chi connectivity index (χ1) is 6.54. The highest BCUT2D eigenvalue weighted by Gasteiger charge is 2.09. The van der Waals surface area contributed by atoms with Crippen LogP contribution in [0.2, 0.25) is 5.02 Å². The smallest absolute Gasteiger partial charge is 0.137 e. The van der Waals surface area contributed by atoms with Crippen molar-refractivity contribution in [3.05, 3.63) is 28.5 Å². The zero-order valence-corrected chi connectivity index (χ0v) is 9.36. The summed E-state index contributed by atoms with van der Waals surface area (Å²) < 4.78 is 18.4. The van der Waals surface area contributed by atoms with Crippen LogP contribution in [-0.4, -0.2) is 7.11 Å². The Morgan fingerprint density at radius 3 is 2.57 bits per heavy atom. The van der Waals surface area contributed by atoms with Crippen molar-refractivity contribution in [3.8, 4) is 5.75 Å². The summed E-state index contributed by atoms with van der Waals surface area (Å²) in [6.45, 7) is 4.08. The van der Waals surface area contributed by atoms with Gasteiger partial charge in [0.2, 0.25) is 0 Å². The lowest BCUT2D eigenvalue weighted by Crippen LogP contribution is -1.98. The quantitative estimate of drug-likeness (QED) is 0.749. The number of hydrogen-bond acceptors (Lipinski definition) is 1. The third-order valence-corrected chi connectivity index (χ3v) is 2.24. The average molecular weight is 217 g/mol. The molecule has 0 aromatic heterocycles. The van der Waals surface area contributed by atoms with Gasteiger partial charge in [0.05, 0.1) is 12.1 Å². The van der Waals surface area contributed by atoms with Gasteiger partial charge < -0.3 is 4.74 Å². The van der Waals surface area contributed by atoms with Crippen LogP contribution in [-0.2, 0) is 6.42 Å². The van der Waals surface area contributed by atoms with E-state index in [0.717, 1.165) is 0 Å². The third kappa shape index (κ3) is 2.61. The van der Waals surface area contributed by atoms with Crippen molar-refractivity contribution < 1.29 is 9.13 Å². The van der Waals surface area contributed by atoms with Gasteiger partial charge in [-0.1, -0.05) is 25.4 Å². The van der Waals surface area contributed by atoms with Gasteiger partial charge in [0.25, 0.3) is 0 Å². The topological polar surface area (TPSA) is 9.23 Å². The molecule has 3 heteroatoms. The van der Waals surface area contributed by atoms with Gasteiger partial charge in [0.15, 0.2) is 0 Å². The van der Waals surface area contributed by atoms with Gasteiger partial charge in [-0.15, -0.1) is 0 Å².